The van der Waals surface area contributed by atoms with Gasteiger partial charge in [-0.1, -0.05) is 37.3 Å². The highest BCUT2D eigenvalue weighted by Gasteiger charge is 2.09. The molecule has 0 saturated carbocycles. The van der Waals surface area contributed by atoms with E-state index >= 15 is 0 Å². The van der Waals surface area contributed by atoms with Crippen molar-refractivity contribution in [3.63, 3.8) is 0 Å². The Hall–Kier alpha value is -1.88. The van der Waals surface area contributed by atoms with Crippen LogP contribution in [0.3, 0.4) is 0 Å². The minimum Gasteiger partial charge on any atom is -0.491 e. The lowest BCUT2D eigenvalue weighted by Crippen LogP contribution is -2.10. The highest BCUT2D eigenvalue weighted by molar-refractivity contribution is 5.35. The number of rotatable bonds is 8. The van der Waals surface area contributed by atoms with Gasteiger partial charge >= 0.3 is 0 Å². The van der Waals surface area contributed by atoms with E-state index in [1.54, 1.807) is 0 Å². The average molecular weight is 288 g/mol. The normalized spacial score (nSPS) is 12.3. The fourth-order valence-corrected chi connectivity index (χ4v) is 2.20. The number of nitrogens with one attached hydrogen (secondary N) is 1. The van der Waals surface area contributed by atoms with Gasteiger partial charge < -0.3 is 10.1 Å². The van der Waals surface area contributed by atoms with E-state index in [9.17, 15) is 0 Å². The number of benzene rings is 1. The van der Waals surface area contributed by atoms with E-state index in [2.05, 4.69) is 41.6 Å². The van der Waals surface area contributed by atoms with Crippen LogP contribution in [0.5, 0.6) is 5.75 Å². The van der Waals surface area contributed by atoms with Crippen molar-refractivity contribution in [3.8, 4) is 5.75 Å². The van der Waals surface area contributed by atoms with E-state index in [-0.39, 0.29) is 0 Å². The zero-order valence-corrected chi connectivity index (χ0v) is 13.0. The van der Waals surface area contributed by atoms with Crippen LogP contribution in [0.1, 0.15) is 37.4 Å². The van der Waals surface area contributed by atoms with Crippen molar-refractivity contribution in [2.24, 2.45) is 0 Å². The van der Waals surface area contributed by atoms with Crippen molar-refractivity contribution in [3.05, 3.63) is 41.7 Å². The fraction of sp³-hybridized carbons (Fsp3) is 0.500. The summed E-state index contributed by atoms with van der Waals surface area (Å²) in [6.07, 6.45) is 3.05. The first-order valence-corrected chi connectivity index (χ1v) is 7.50. The minimum absolute atomic E-state index is 0.509. The Kier molecular flexibility index (Phi) is 5.75. The molecule has 0 bridgehead atoms. The molecule has 1 unspecified atom stereocenters. The molecular weight excluding hydrogens is 264 g/mol. The van der Waals surface area contributed by atoms with Gasteiger partial charge in [0.15, 0.2) is 0 Å². The van der Waals surface area contributed by atoms with Gasteiger partial charge in [-0.2, -0.15) is 0 Å². The number of ether oxygens (including phenoxy) is 1. The largest absolute Gasteiger partial charge is 0.491 e. The van der Waals surface area contributed by atoms with E-state index in [0.717, 1.165) is 24.4 Å². The third-order valence-corrected chi connectivity index (χ3v) is 3.58. The summed E-state index contributed by atoms with van der Waals surface area (Å²) < 4.78 is 7.75. The summed E-state index contributed by atoms with van der Waals surface area (Å²) in [5.74, 6) is 1.48. The van der Waals surface area contributed by atoms with Gasteiger partial charge in [-0.3, -0.25) is 0 Å². The minimum atomic E-state index is 0.509. The number of aromatic nitrogens is 3. The maximum absolute atomic E-state index is 5.93. The predicted octanol–water partition coefficient (Wildman–Crippen LogP) is 2.59. The van der Waals surface area contributed by atoms with Gasteiger partial charge in [-0.15, -0.1) is 5.10 Å². The molecule has 5 nitrogen and oxygen atoms in total. The molecule has 0 aliphatic heterocycles. The van der Waals surface area contributed by atoms with Crippen LogP contribution in [0.25, 0.3) is 0 Å². The highest BCUT2D eigenvalue weighted by atomic mass is 16.5. The molecule has 1 N–H and O–H groups in total. The van der Waals surface area contributed by atoms with Gasteiger partial charge in [0.1, 0.15) is 12.4 Å². The van der Waals surface area contributed by atoms with Crippen molar-refractivity contribution in [1.29, 1.82) is 0 Å². The van der Waals surface area contributed by atoms with E-state index in [4.69, 9.17) is 4.74 Å². The summed E-state index contributed by atoms with van der Waals surface area (Å²) in [7, 11) is 1.90. The molecule has 2 aromatic rings. The van der Waals surface area contributed by atoms with E-state index in [0.29, 0.717) is 19.1 Å². The predicted molar refractivity (Wildman–Crippen MR) is 83.4 cm³/mol. The Labute approximate surface area is 126 Å². The Balaban J connectivity index is 1.91. The molecule has 1 aromatic heterocycles. The van der Waals surface area contributed by atoms with Gasteiger partial charge in [-0.05, 0) is 31.0 Å². The number of hydrogen-bond acceptors (Lipinski definition) is 4. The van der Waals surface area contributed by atoms with Gasteiger partial charge in [0, 0.05) is 12.7 Å². The topological polar surface area (TPSA) is 52.0 Å². The van der Waals surface area contributed by atoms with Crippen LogP contribution in [0.4, 0.5) is 0 Å². The first kappa shape index (κ1) is 15.5. The summed E-state index contributed by atoms with van der Waals surface area (Å²) in [6, 6.07) is 8.26. The van der Waals surface area contributed by atoms with Crippen molar-refractivity contribution in [1.82, 2.24) is 20.3 Å². The lowest BCUT2D eigenvalue weighted by Gasteiger charge is -2.15. The first-order valence-electron chi connectivity index (χ1n) is 7.50. The molecule has 2 rings (SSSR count). The molecule has 1 atom stereocenters. The van der Waals surface area contributed by atoms with Gasteiger partial charge in [0.05, 0.1) is 12.2 Å². The van der Waals surface area contributed by atoms with Crippen LogP contribution in [-0.2, 0) is 13.1 Å². The van der Waals surface area contributed by atoms with Gasteiger partial charge in [0.25, 0.3) is 0 Å². The SMILES string of the molecule is CCC(C)c1ccccc1OCCn1cc(CNC)nn1. The van der Waals surface area contributed by atoms with E-state index in [1.165, 1.54) is 5.56 Å². The lowest BCUT2D eigenvalue weighted by molar-refractivity contribution is 0.285. The monoisotopic (exact) mass is 288 g/mol. The van der Waals surface area contributed by atoms with Crippen molar-refractivity contribution in [2.45, 2.75) is 39.3 Å². The third-order valence-electron chi connectivity index (χ3n) is 3.58. The third kappa shape index (κ3) is 4.29. The molecule has 21 heavy (non-hydrogen) atoms. The molecule has 0 aliphatic rings. The Morgan fingerprint density at radius 2 is 2.14 bits per heavy atom. The fourth-order valence-electron chi connectivity index (χ4n) is 2.20. The van der Waals surface area contributed by atoms with Crippen molar-refractivity contribution in [2.75, 3.05) is 13.7 Å². The maximum atomic E-state index is 5.93. The molecule has 1 heterocycles. The molecule has 1 aromatic carbocycles. The molecule has 114 valence electrons. The maximum Gasteiger partial charge on any atom is 0.122 e. The van der Waals surface area contributed by atoms with Crippen molar-refractivity contribution >= 4 is 0 Å². The quantitative estimate of drug-likeness (QED) is 0.811. The zero-order valence-electron chi connectivity index (χ0n) is 13.0. The molecule has 0 spiro atoms. The van der Waals surface area contributed by atoms with Crippen LogP contribution in [0.15, 0.2) is 30.5 Å². The molecular formula is C16H24N4O. The van der Waals surface area contributed by atoms with Crippen molar-refractivity contribution < 1.29 is 4.74 Å². The highest BCUT2D eigenvalue weighted by Crippen LogP contribution is 2.28. The average Bonchev–Trinajstić information content (AvgIpc) is 2.95. The zero-order chi connectivity index (χ0) is 15.1. The van der Waals surface area contributed by atoms with Crippen LogP contribution in [0, 0.1) is 0 Å². The summed E-state index contributed by atoms with van der Waals surface area (Å²) in [4.78, 5) is 0. The van der Waals surface area contributed by atoms with E-state index in [1.807, 2.05) is 30.1 Å². The second-order valence-corrected chi connectivity index (χ2v) is 5.20. The molecule has 0 saturated heterocycles. The summed E-state index contributed by atoms with van der Waals surface area (Å²) in [5, 5.41) is 11.2. The second kappa shape index (κ2) is 7.78. The summed E-state index contributed by atoms with van der Waals surface area (Å²) in [6.45, 7) is 6.45. The molecule has 0 fully saturated rings. The number of hydrogen-bond donors (Lipinski definition) is 1. The summed E-state index contributed by atoms with van der Waals surface area (Å²) in [5.41, 5.74) is 2.21. The van der Waals surface area contributed by atoms with Gasteiger partial charge in [0.2, 0.25) is 0 Å². The molecule has 0 aliphatic carbocycles. The second-order valence-electron chi connectivity index (χ2n) is 5.20. The summed E-state index contributed by atoms with van der Waals surface area (Å²) >= 11 is 0. The van der Waals surface area contributed by atoms with E-state index < -0.39 is 0 Å². The van der Waals surface area contributed by atoms with Crippen LogP contribution in [0.2, 0.25) is 0 Å². The smallest absolute Gasteiger partial charge is 0.122 e. The Morgan fingerprint density at radius 1 is 1.33 bits per heavy atom. The number of nitrogens with zero attached hydrogens (tertiary/aromatic N) is 3. The van der Waals surface area contributed by atoms with Crippen LogP contribution >= 0.6 is 0 Å². The van der Waals surface area contributed by atoms with Gasteiger partial charge in [-0.25, -0.2) is 4.68 Å². The molecule has 0 amide bonds. The molecule has 0 radical (unpaired) electrons. The standard InChI is InChI=1S/C16H24N4O/c1-4-13(2)15-7-5-6-8-16(15)21-10-9-20-12-14(11-17-3)18-19-20/h5-8,12-13,17H,4,9-11H2,1-3H3. The van der Waals surface area contributed by atoms with Crippen LogP contribution < -0.4 is 10.1 Å². The molecule has 5 heteroatoms. The first-order chi connectivity index (χ1) is 10.2. The lowest BCUT2D eigenvalue weighted by atomic mass is 9.98. The Bertz CT molecular complexity index is 553. The van der Waals surface area contributed by atoms with Crippen LogP contribution in [-0.4, -0.2) is 28.6 Å². The Morgan fingerprint density at radius 3 is 2.90 bits per heavy atom. The number of para-hydroxylation sites is 1.